The third kappa shape index (κ3) is 5.90. The Bertz CT molecular complexity index is 686. The van der Waals surface area contributed by atoms with Gasteiger partial charge in [0.1, 0.15) is 0 Å². The summed E-state index contributed by atoms with van der Waals surface area (Å²) in [6, 6.07) is 0.288. The lowest BCUT2D eigenvalue weighted by molar-refractivity contribution is -0.121. The molecular formula is C24H43ClN6O2. The molecule has 33 heavy (non-hydrogen) atoms. The fourth-order valence-corrected chi connectivity index (χ4v) is 6.67. The van der Waals surface area contributed by atoms with Crippen LogP contribution in [0.4, 0.5) is 0 Å². The molecule has 188 valence electrons. The molecule has 1 amide bonds. The van der Waals surface area contributed by atoms with Gasteiger partial charge >= 0.3 is 0 Å². The average Bonchev–Trinajstić information content (AvgIpc) is 3.14. The van der Waals surface area contributed by atoms with Crippen LogP contribution in [0.5, 0.6) is 0 Å². The van der Waals surface area contributed by atoms with Crippen molar-refractivity contribution in [3.8, 4) is 0 Å². The first-order chi connectivity index (χ1) is 16.0. The summed E-state index contributed by atoms with van der Waals surface area (Å²) in [5.41, 5.74) is 13.8. The minimum Gasteiger partial charge on any atom is -0.381 e. The van der Waals surface area contributed by atoms with Gasteiger partial charge in [0.15, 0.2) is 0 Å². The zero-order valence-corrected chi connectivity index (χ0v) is 21.0. The minimum atomic E-state index is -0.118. The number of unbranched alkanes of at least 4 members (excludes halogenated alkanes) is 1. The molecule has 0 bridgehead atoms. The number of rotatable bonds is 8. The molecule has 0 aromatic carbocycles. The Labute approximate surface area is 203 Å². The standard InChI is InChI=1S/C24H43ClN6O2/c1-15-29-30-24-20(14-22(32)27-12-4-3-11-26)28-23(16-5-7-17(25)8-6-16)19-13-18(33-2)9-10-21(19)31(15)24/h15-21,24,29-30H,3-14,26H2,1-2H3,(H,27,32)/t15?,16?,17?,18?,19?,20-,21?,24?/m0/s1. The van der Waals surface area contributed by atoms with E-state index >= 15 is 0 Å². The van der Waals surface area contributed by atoms with Crippen molar-refractivity contribution in [2.24, 2.45) is 22.6 Å². The summed E-state index contributed by atoms with van der Waals surface area (Å²) in [4.78, 5) is 20.9. The fraction of sp³-hybridized carbons (Fsp3) is 0.917. The molecule has 0 spiro atoms. The Morgan fingerprint density at radius 3 is 2.73 bits per heavy atom. The Balaban J connectivity index is 1.59. The van der Waals surface area contributed by atoms with Gasteiger partial charge in [-0.1, -0.05) is 0 Å². The van der Waals surface area contributed by atoms with Crippen molar-refractivity contribution < 1.29 is 9.53 Å². The molecule has 4 rings (SSSR count). The zero-order valence-electron chi connectivity index (χ0n) is 20.3. The number of alkyl halides is 1. The number of amides is 1. The van der Waals surface area contributed by atoms with E-state index < -0.39 is 0 Å². The van der Waals surface area contributed by atoms with E-state index in [1.54, 1.807) is 0 Å². The average molecular weight is 483 g/mol. The van der Waals surface area contributed by atoms with Crippen LogP contribution in [0.3, 0.4) is 0 Å². The van der Waals surface area contributed by atoms with Gasteiger partial charge in [-0.2, -0.15) is 0 Å². The molecule has 6 atom stereocenters. The zero-order chi connectivity index (χ0) is 23.4. The molecule has 0 radical (unpaired) electrons. The summed E-state index contributed by atoms with van der Waals surface area (Å²) in [6.07, 6.45) is 10.2. The van der Waals surface area contributed by atoms with Crippen molar-refractivity contribution >= 4 is 23.2 Å². The monoisotopic (exact) mass is 482 g/mol. The summed E-state index contributed by atoms with van der Waals surface area (Å²) in [5.74, 6) is 0.900. The van der Waals surface area contributed by atoms with E-state index in [1.165, 1.54) is 5.71 Å². The van der Waals surface area contributed by atoms with E-state index in [2.05, 4.69) is 28.0 Å². The molecule has 5 unspecified atom stereocenters. The second kappa shape index (κ2) is 11.8. The summed E-state index contributed by atoms with van der Waals surface area (Å²) < 4.78 is 5.83. The molecule has 8 nitrogen and oxygen atoms in total. The number of methoxy groups -OCH3 is 1. The molecule has 0 aromatic rings. The number of nitrogens with zero attached hydrogens (tertiary/aromatic N) is 2. The van der Waals surface area contributed by atoms with Gasteiger partial charge in [0.05, 0.1) is 30.9 Å². The van der Waals surface area contributed by atoms with E-state index in [4.69, 9.17) is 27.1 Å². The van der Waals surface area contributed by atoms with Crippen LogP contribution in [0.1, 0.15) is 71.1 Å². The number of carbonyl (C=O) groups excluding carboxylic acids is 1. The normalized spacial score (nSPS) is 39.3. The van der Waals surface area contributed by atoms with E-state index in [-0.39, 0.29) is 35.8 Å². The first kappa shape index (κ1) is 25.3. The van der Waals surface area contributed by atoms with Crippen LogP contribution in [0.25, 0.3) is 0 Å². The molecule has 4 aliphatic rings. The highest BCUT2D eigenvalue weighted by Gasteiger charge is 2.49. The first-order valence-electron chi connectivity index (χ1n) is 13.0. The van der Waals surface area contributed by atoms with Crippen LogP contribution in [0, 0.1) is 11.8 Å². The summed E-state index contributed by atoms with van der Waals surface area (Å²) in [7, 11) is 1.83. The number of halogens is 1. The lowest BCUT2D eigenvalue weighted by Gasteiger charge is -2.44. The second-order valence-corrected chi connectivity index (χ2v) is 10.9. The Kier molecular flexibility index (Phi) is 9.04. The van der Waals surface area contributed by atoms with Gasteiger partial charge < -0.3 is 15.8 Å². The molecule has 2 heterocycles. The number of nitrogens with two attached hydrogens (primary N) is 1. The van der Waals surface area contributed by atoms with Gasteiger partial charge in [-0.25, -0.2) is 10.9 Å². The maximum atomic E-state index is 12.9. The van der Waals surface area contributed by atoms with Crippen molar-refractivity contribution in [2.75, 3.05) is 20.2 Å². The number of hydrazine groups is 1. The SMILES string of the molecule is COC1CCC2C(C1)C(C1CCC(Cl)CC1)=N[C@@H](CC(=O)NCCCCN)C1NNC(C)N21. The van der Waals surface area contributed by atoms with E-state index in [0.717, 1.165) is 57.8 Å². The van der Waals surface area contributed by atoms with E-state index in [0.29, 0.717) is 37.4 Å². The number of hydrogen-bond donors (Lipinski definition) is 4. The molecule has 2 aliphatic heterocycles. The summed E-state index contributed by atoms with van der Waals surface area (Å²) >= 11 is 6.45. The number of nitrogens with one attached hydrogen (secondary N) is 3. The highest BCUT2D eigenvalue weighted by Crippen LogP contribution is 2.41. The predicted octanol–water partition coefficient (Wildman–Crippen LogP) is 2.12. The van der Waals surface area contributed by atoms with Crippen LogP contribution >= 0.6 is 11.6 Å². The Morgan fingerprint density at radius 1 is 1.21 bits per heavy atom. The molecule has 2 saturated carbocycles. The number of aliphatic imine (C=N–C) groups is 1. The molecule has 1 saturated heterocycles. The number of hydrogen-bond acceptors (Lipinski definition) is 7. The van der Waals surface area contributed by atoms with Crippen LogP contribution in [-0.2, 0) is 9.53 Å². The maximum absolute atomic E-state index is 12.9. The van der Waals surface area contributed by atoms with Crippen molar-refractivity contribution in [1.82, 2.24) is 21.1 Å². The summed E-state index contributed by atoms with van der Waals surface area (Å²) in [6.45, 7) is 3.54. The van der Waals surface area contributed by atoms with Gasteiger partial charge in [0, 0.05) is 36.7 Å². The Hall–Kier alpha value is -0.770. The van der Waals surface area contributed by atoms with Gasteiger partial charge in [0.2, 0.25) is 5.91 Å². The van der Waals surface area contributed by atoms with Gasteiger partial charge in [-0.3, -0.25) is 14.7 Å². The minimum absolute atomic E-state index is 0.0169. The van der Waals surface area contributed by atoms with Gasteiger partial charge in [0.25, 0.3) is 0 Å². The third-order valence-corrected chi connectivity index (χ3v) is 8.61. The first-order valence-corrected chi connectivity index (χ1v) is 13.4. The Morgan fingerprint density at radius 2 is 2.00 bits per heavy atom. The molecule has 2 aliphatic carbocycles. The number of carbonyl (C=O) groups is 1. The van der Waals surface area contributed by atoms with Crippen LogP contribution in [0.15, 0.2) is 4.99 Å². The van der Waals surface area contributed by atoms with Gasteiger partial charge in [-0.15, -0.1) is 11.6 Å². The number of ether oxygens (including phenoxy) is 1. The lowest BCUT2D eigenvalue weighted by Crippen LogP contribution is -2.55. The van der Waals surface area contributed by atoms with Crippen LogP contribution in [0.2, 0.25) is 0 Å². The fourth-order valence-electron chi connectivity index (χ4n) is 6.42. The second-order valence-electron chi connectivity index (χ2n) is 10.3. The largest absolute Gasteiger partial charge is 0.381 e. The molecule has 5 N–H and O–H groups in total. The van der Waals surface area contributed by atoms with Crippen LogP contribution < -0.4 is 21.9 Å². The lowest BCUT2D eigenvalue weighted by atomic mass is 9.72. The third-order valence-electron chi connectivity index (χ3n) is 8.17. The predicted molar refractivity (Wildman–Crippen MR) is 132 cm³/mol. The summed E-state index contributed by atoms with van der Waals surface area (Å²) in [5, 5.41) is 3.37. The quantitative estimate of drug-likeness (QED) is 0.312. The van der Waals surface area contributed by atoms with E-state index in [9.17, 15) is 4.79 Å². The van der Waals surface area contributed by atoms with Crippen LogP contribution in [-0.4, -0.2) is 72.6 Å². The van der Waals surface area contributed by atoms with Crippen molar-refractivity contribution in [3.63, 3.8) is 0 Å². The molecular weight excluding hydrogens is 440 g/mol. The highest BCUT2D eigenvalue weighted by atomic mass is 35.5. The molecule has 3 fully saturated rings. The number of fused-ring (bicyclic) bond motifs is 3. The topological polar surface area (TPSA) is 104 Å². The van der Waals surface area contributed by atoms with Crippen molar-refractivity contribution in [3.05, 3.63) is 0 Å². The van der Waals surface area contributed by atoms with E-state index in [1.807, 2.05) is 7.11 Å². The molecule has 9 heteroatoms. The maximum Gasteiger partial charge on any atom is 0.222 e. The van der Waals surface area contributed by atoms with Crippen molar-refractivity contribution in [2.45, 2.75) is 107 Å². The highest BCUT2D eigenvalue weighted by molar-refractivity contribution is 6.20. The van der Waals surface area contributed by atoms with Crippen molar-refractivity contribution in [1.29, 1.82) is 0 Å². The molecule has 0 aromatic heterocycles. The smallest absolute Gasteiger partial charge is 0.222 e. The van der Waals surface area contributed by atoms with Gasteiger partial charge in [-0.05, 0) is 77.2 Å².